The van der Waals surface area contributed by atoms with Crippen LogP contribution in [0.25, 0.3) is 0 Å². The van der Waals surface area contributed by atoms with Crippen LogP contribution in [0.5, 0.6) is 0 Å². The minimum Gasteiger partial charge on any atom is -0.462 e. The minimum absolute atomic E-state index is 0.227. The maximum Gasteiger partial charge on any atom is 0.343 e. The second-order valence-electron chi connectivity index (χ2n) is 8.68. The Morgan fingerprint density at radius 1 is 0.600 bits per heavy atom. The van der Waals surface area contributed by atoms with Crippen LogP contribution >= 0.6 is 0 Å². The SMILES string of the molecule is CCCCOC(=O)C1=C(S(=O)(=O)c2ccccc2)C(=O)C(C(=O)OCCCC)=C(S(=O)(=O)c2ccccc2)C1=O. The molecular formula is C28H28O10S2. The quantitative estimate of drug-likeness (QED) is 0.156. The molecule has 1 aliphatic carbocycles. The number of hydrogen-bond acceptors (Lipinski definition) is 10. The van der Waals surface area contributed by atoms with Crippen LogP contribution in [0.3, 0.4) is 0 Å². The number of allylic oxidation sites excluding steroid dienone is 2. The van der Waals surface area contributed by atoms with E-state index >= 15 is 0 Å². The van der Waals surface area contributed by atoms with Crippen molar-refractivity contribution in [3.05, 3.63) is 81.6 Å². The van der Waals surface area contributed by atoms with E-state index in [1.807, 2.05) is 0 Å². The summed E-state index contributed by atoms with van der Waals surface area (Å²) in [6.07, 6.45) is 1.86. The maximum absolute atomic E-state index is 13.9. The van der Waals surface area contributed by atoms with Crippen molar-refractivity contribution < 1.29 is 45.5 Å². The third-order valence-electron chi connectivity index (χ3n) is 5.84. The summed E-state index contributed by atoms with van der Waals surface area (Å²) in [5.41, 5.74) is -2.57. The van der Waals surface area contributed by atoms with Gasteiger partial charge in [0.1, 0.15) is 21.0 Å². The summed E-state index contributed by atoms with van der Waals surface area (Å²) in [7, 11) is -9.84. The number of esters is 2. The lowest BCUT2D eigenvalue weighted by Crippen LogP contribution is -2.37. The summed E-state index contributed by atoms with van der Waals surface area (Å²) >= 11 is 0. The molecule has 0 atom stereocenters. The Morgan fingerprint density at radius 3 is 1.23 bits per heavy atom. The predicted molar refractivity (Wildman–Crippen MR) is 143 cm³/mol. The molecule has 0 N–H and O–H groups in total. The van der Waals surface area contributed by atoms with Crippen molar-refractivity contribution in [1.29, 1.82) is 0 Å². The first kappa shape index (κ1) is 30.6. The van der Waals surface area contributed by atoms with E-state index in [0.717, 1.165) is 24.3 Å². The van der Waals surface area contributed by atoms with Gasteiger partial charge in [0.2, 0.25) is 31.2 Å². The largest absolute Gasteiger partial charge is 0.462 e. The molecular weight excluding hydrogens is 560 g/mol. The van der Waals surface area contributed by atoms with Crippen LogP contribution in [0.4, 0.5) is 0 Å². The Kier molecular flexibility index (Phi) is 9.93. The van der Waals surface area contributed by atoms with E-state index < -0.39 is 73.9 Å². The van der Waals surface area contributed by atoms with E-state index in [1.54, 1.807) is 13.8 Å². The summed E-state index contributed by atoms with van der Waals surface area (Å²) in [5, 5.41) is 0. The summed E-state index contributed by atoms with van der Waals surface area (Å²) in [5.74, 6) is -6.30. The Morgan fingerprint density at radius 2 is 0.925 bits per heavy atom. The van der Waals surface area contributed by atoms with E-state index in [0.29, 0.717) is 25.7 Å². The van der Waals surface area contributed by atoms with Gasteiger partial charge in [0.15, 0.2) is 0 Å². The Bertz CT molecular complexity index is 1460. The monoisotopic (exact) mass is 588 g/mol. The molecule has 12 heteroatoms. The van der Waals surface area contributed by atoms with Crippen molar-refractivity contribution in [2.45, 2.75) is 49.3 Å². The van der Waals surface area contributed by atoms with Gasteiger partial charge in [0.05, 0.1) is 23.0 Å². The Balaban J connectivity index is 2.36. The summed E-state index contributed by atoms with van der Waals surface area (Å²) < 4.78 is 64.9. The maximum atomic E-state index is 13.9. The van der Waals surface area contributed by atoms with Gasteiger partial charge < -0.3 is 9.47 Å². The first-order chi connectivity index (χ1) is 19.0. The minimum atomic E-state index is -4.92. The number of hydrogen-bond donors (Lipinski definition) is 0. The highest BCUT2D eigenvalue weighted by Crippen LogP contribution is 2.37. The van der Waals surface area contributed by atoms with Crippen molar-refractivity contribution in [2.24, 2.45) is 0 Å². The number of carbonyl (C=O) groups is 4. The molecule has 0 amide bonds. The van der Waals surface area contributed by atoms with Crippen LogP contribution in [0, 0.1) is 0 Å². The molecule has 0 radical (unpaired) electrons. The number of carbonyl (C=O) groups excluding carboxylic acids is 4. The average molecular weight is 589 g/mol. The predicted octanol–water partition coefficient (Wildman–Crippen LogP) is 3.28. The van der Waals surface area contributed by atoms with E-state index in [9.17, 15) is 36.0 Å². The molecule has 0 saturated carbocycles. The van der Waals surface area contributed by atoms with Gasteiger partial charge in [0.25, 0.3) is 0 Å². The van der Waals surface area contributed by atoms with Gasteiger partial charge in [-0.25, -0.2) is 26.4 Å². The molecule has 10 nitrogen and oxygen atoms in total. The molecule has 0 heterocycles. The molecule has 0 unspecified atom stereocenters. The molecule has 0 fully saturated rings. The molecule has 1 aliphatic rings. The zero-order valence-corrected chi connectivity index (χ0v) is 23.5. The standard InChI is InChI=1S/C28H28O10S2/c1-3-5-17-37-27(31)21-23(29)26(40(35,36)20-15-11-8-12-16-20)22(28(32)38-18-6-4-2)24(30)25(21)39(33,34)19-13-9-7-10-14-19/h7-16H,3-6,17-18H2,1-2H3. The van der Waals surface area contributed by atoms with E-state index in [4.69, 9.17) is 9.47 Å². The molecule has 212 valence electrons. The van der Waals surface area contributed by atoms with Crippen LogP contribution in [-0.2, 0) is 48.3 Å². The van der Waals surface area contributed by atoms with E-state index in [2.05, 4.69) is 0 Å². The molecule has 0 saturated heterocycles. The van der Waals surface area contributed by atoms with Crippen LogP contribution in [0.15, 0.2) is 91.4 Å². The molecule has 0 aromatic heterocycles. The summed E-state index contributed by atoms with van der Waals surface area (Å²) in [6.45, 7) is 3.12. The molecule has 2 aromatic rings. The van der Waals surface area contributed by atoms with Gasteiger partial charge >= 0.3 is 11.9 Å². The summed E-state index contributed by atoms with van der Waals surface area (Å²) in [4.78, 5) is 50.5. The fourth-order valence-electron chi connectivity index (χ4n) is 3.74. The van der Waals surface area contributed by atoms with Gasteiger partial charge in [-0.1, -0.05) is 63.1 Å². The van der Waals surface area contributed by atoms with E-state index in [-0.39, 0.29) is 13.2 Å². The third-order valence-corrected chi connectivity index (χ3v) is 9.48. The normalized spacial score (nSPS) is 14.3. The first-order valence-electron chi connectivity index (χ1n) is 12.5. The lowest BCUT2D eigenvalue weighted by molar-refractivity contribution is -0.143. The average Bonchev–Trinajstić information content (AvgIpc) is 2.94. The Labute approximate surface area is 232 Å². The van der Waals surface area contributed by atoms with Gasteiger partial charge in [-0.3, -0.25) is 9.59 Å². The van der Waals surface area contributed by atoms with Gasteiger partial charge in [0, 0.05) is 0 Å². The van der Waals surface area contributed by atoms with Crippen molar-refractivity contribution in [2.75, 3.05) is 13.2 Å². The lowest BCUT2D eigenvalue weighted by atomic mass is 9.96. The number of ketones is 2. The number of unbranched alkanes of at least 4 members (excludes halogenated alkanes) is 2. The highest BCUT2D eigenvalue weighted by atomic mass is 32.2. The molecule has 0 bridgehead atoms. The molecule has 2 aromatic carbocycles. The van der Waals surface area contributed by atoms with Gasteiger partial charge in [-0.05, 0) is 37.1 Å². The van der Waals surface area contributed by atoms with Crippen LogP contribution in [-0.4, -0.2) is 53.6 Å². The number of rotatable bonds is 12. The molecule has 3 rings (SSSR count). The van der Waals surface area contributed by atoms with Crippen molar-refractivity contribution in [3.63, 3.8) is 0 Å². The highest BCUT2D eigenvalue weighted by Gasteiger charge is 2.51. The molecule has 40 heavy (non-hydrogen) atoms. The number of sulfone groups is 2. The number of Topliss-reactive ketones (excluding diaryl/α,β-unsaturated/α-hetero) is 2. The van der Waals surface area contributed by atoms with Crippen LogP contribution in [0.1, 0.15) is 39.5 Å². The zero-order chi connectivity index (χ0) is 29.5. The second kappa shape index (κ2) is 13.0. The summed E-state index contributed by atoms with van der Waals surface area (Å²) in [6, 6.07) is 12.9. The van der Waals surface area contributed by atoms with Gasteiger partial charge in [-0.2, -0.15) is 0 Å². The van der Waals surface area contributed by atoms with Crippen LogP contribution < -0.4 is 0 Å². The van der Waals surface area contributed by atoms with Crippen molar-refractivity contribution >= 4 is 43.2 Å². The first-order valence-corrected chi connectivity index (χ1v) is 15.5. The van der Waals surface area contributed by atoms with Gasteiger partial charge in [-0.15, -0.1) is 0 Å². The van der Waals surface area contributed by atoms with Crippen LogP contribution in [0.2, 0.25) is 0 Å². The fourth-order valence-corrected chi connectivity index (χ4v) is 6.83. The van der Waals surface area contributed by atoms with Crippen molar-refractivity contribution in [1.82, 2.24) is 0 Å². The topological polar surface area (TPSA) is 155 Å². The lowest BCUT2D eigenvalue weighted by Gasteiger charge is -2.22. The van der Waals surface area contributed by atoms with E-state index in [1.165, 1.54) is 36.4 Å². The van der Waals surface area contributed by atoms with Crippen molar-refractivity contribution in [3.8, 4) is 0 Å². The highest BCUT2D eigenvalue weighted by molar-refractivity contribution is 7.97. The fraction of sp³-hybridized carbons (Fsp3) is 0.286. The Hall–Kier alpha value is -3.90. The number of ether oxygens (including phenoxy) is 2. The molecule has 0 spiro atoms. The third kappa shape index (κ3) is 6.13. The zero-order valence-electron chi connectivity index (χ0n) is 21.9. The smallest absolute Gasteiger partial charge is 0.343 e. The second-order valence-corrected chi connectivity index (χ2v) is 12.5. The number of benzene rings is 2. The molecule has 0 aliphatic heterocycles.